The lowest BCUT2D eigenvalue weighted by Gasteiger charge is -2.44. The maximum Gasteiger partial charge on any atom is 0.233 e. The van der Waals surface area contributed by atoms with Gasteiger partial charge < -0.3 is 19.7 Å². The first-order chi connectivity index (χ1) is 15.3. The Kier molecular flexibility index (Phi) is 5.15. The van der Waals surface area contributed by atoms with Crippen molar-refractivity contribution in [3.63, 3.8) is 0 Å². The van der Waals surface area contributed by atoms with Gasteiger partial charge in [0, 0.05) is 18.9 Å². The van der Waals surface area contributed by atoms with Crippen LogP contribution in [0.25, 0.3) is 0 Å². The van der Waals surface area contributed by atoms with Crippen LogP contribution in [0.2, 0.25) is 5.02 Å². The van der Waals surface area contributed by atoms with Crippen molar-refractivity contribution in [2.45, 2.75) is 24.7 Å². The van der Waals surface area contributed by atoms with Gasteiger partial charge in [0.25, 0.3) is 0 Å². The molecule has 0 aromatic heterocycles. The second-order valence-electron chi connectivity index (χ2n) is 8.83. The minimum atomic E-state index is -1.65. The molecule has 2 heterocycles. The normalized spacial score (nSPS) is 33.8. The summed E-state index contributed by atoms with van der Waals surface area (Å²) < 4.78 is 12.1. The molecular weight excluding hydrogens is 434 g/mol. The zero-order chi connectivity index (χ0) is 22.6. The quantitative estimate of drug-likeness (QED) is 0.685. The van der Waals surface area contributed by atoms with Crippen LogP contribution in [0.15, 0.2) is 48.5 Å². The van der Waals surface area contributed by atoms with Crippen molar-refractivity contribution in [2.75, 3.05) is 13.7 Å². The number of hydrogen-bond acceptors (Lipinski definition) is 6. The summed E-state index contributed by atoms with van der Waals surface area (Å²) in [6, 6.07) is 13.8. The van der Waals surface area contributed by atoms with E-state index in [0.29, 0.717) is 22.8 Å². The van der Waals surface area contributed by atoms with Crippen LogP contribution in [0.3, 0.4) is 0 Å². The second kappa shape index (κ2) is 7.76. The number of benzene rings is 2. The SMILES string of the molecule is CN1C(=O)[C@H]2[C@H](C[C@H](COc3ccccc3)[C@@]3(O)O[C@H](c4ccc(O)cc4Cl)C[C@@H]23)C1=O. The smallest absolute Gasteiger partial charge is 0.233 e. The van der Waals surface area contributed by atoms with E-state index in [1.54, 1.807) is 6.07 Å². The summed E-state index contributed by atoms with van der Waals surface area (Å²) in [5.41, 5.74) is 0.622. The molecule has 2 aliphatic heterocycles. The molecule has 5 rings (SSSR count). The summed E-state index contributed by atoms with van der Waals surface area (Å²) in [5, 5.41) is 21.8. The summed E-state index contributed by atoms with van der Waals surface area (Å²) in [4.78, 5) is 26.9. The first-order valence-electron chi connectivity index (χ1n) is 10.7. The van der Waals surface area contributed by atoms with E-state index >= 15 is 0 Å². The minimum Gasteiger partial charge on any atom is -0.508 e. The molecule has 1 saturated carbocycles. The number of amides is 2. The molecule has 7 nitrogen and oxygen atoms in total. The van der Waals surface area contributed by atoms with E-state index < -0.39 is 35.6 Å². The number of ether oxygens (including phenoxy) is 2. The Morgan fingerprint density at radius 2 is 1.91 bits per heavy atom. The highest BCUT2D eigenvalue weighted by Gasteiger charge is 2.66. The average molecular weight is 458 g/mol. The Morgan fingerprint density at radius 1 is 1.16 bits per heavy atom. The van der Waals surface area contributed by atoms with Gasteiger partial charge in [-0.2, -0.15) is 0 Å². The van der Waals surface area contributed by atoms with Crippen LogP contribution in [0.5, 0.6) is 11.5 Å². The van der Waals surface area contributed by atoms with Crippen molar-refractivity contribution < 1.29 is 29.3 Å². The molecule has 0 unspecified atom stereocenters. The Hall–Kier alpha value is -2.61. The zero-order valence-corrected chi connectivity index (χ0v) is 18.2. The van der Waals surface area contributed by atoms with E-state index in [2.05, 4.69) is 0 Å². The summed E-state index contributed by atoms with van der Waals surface area (Å²) in [5.74, 6) is -3.74. The molecule has 0 radical (unpaired) electrons. The molecule has 2 saturated heterocycles. The molecular formula is C24H24ClNO6. The van der Waals surface area contributed by atoms with Crippen LogP contribution < -0.4 is 4.74 Å². The van der Waals surface area contributed by atoms with Gasteiger partial charge in [0.2, 0.25) is 11.8 Å². The molecule has 8 heteroatoms. The van der Waals surface area contributed by atoms with Crippen molar-refractivity contribution >= 4 is 23.4 Å². The van der Waals surface area contributed by atoms with Gasteiger partial charge in [0.15, 0.2) is 5.79 Å². The van der Waals surface area contributed by atoms with Gasteiger partial charge in [-0.25, -0.2) is 0 Å². The number of nitrogens with zero attached hydrogens (tertiary/aromatic N) is 1. The van der Waals surface area contributed by atoms with Crippen LogP contribution in [0.4, 0.5) is 0 Å². The molecule has 3 fully saturated rings. The number of para-hydroxylation sites is 1. The molecule has 168 valence electrons. The van der Waals surface area contributed by atoms with Gasteiger partial charge in [-0.3, -0.25) is 14.5 Å². The molecule has 32 heavy (non-hydrogen) atoms. The summed E-state index contributed by atoms with van der Waals surface area (Å²) >= 11 is 6.34. The number of rotatable bonds is 4. The number of aromatic hydroxyl groups is 1. The third-order valence-corrected chi connectivity index (χ3v) is 7.44. The first kappa shape index (κ1) is 21.2. The lowest BCUT2D eigenvalue weighted by molar-refractivity contribution is -0.272. The van der Waals surface area contributed by atoms with Gasteiger partial charge in [-0.05, 0) is 42.7 Å². The van der Waals surface area contributed by atoms with E-state index in [1.807, 2.05) is 30.3 Å². The van der Waals surface area contributed by atoms with E-state index in [4.69, 9.17) is 21.1 Å². The molecule has 2 aromatic rings. The lowest BCUT2D eigenvalue weighted by Crippen LogP contribution is -2.55. The van der Waals surface area contributed by atoms with Gasteiger partial charge in [-0.1, -0.05) is 35.9 Å². The lowest BCUT2D eigenvalue weighted by atomic mass is 9.64. The van der Waals surface area contributed by atoms with E-state index in [-0.39, 0.29) is 30.6 Å². The Bertz CT molecular complexity index is 1060. The molecule has 0 bridgehead atoms. The number of halogens is 1. The molecule has 2 amide bonds. The number of hydrogen-bond donors (Lipinski definition) is 2. The standard InChI is InChI=1S/C24H24ClNO6/c1-26-22(28)17-9-13(12-31-15-5-3-2-4-6-15)24(30)18(21(17)23(26)29)11-20(32-24)16-8-7-14(27)10-19(16)25/h2-8,10,13,17-18,20-21,27,30H,9,11-12H2,1H3/t13-,17+,18+,20+,21+,24-/m1/s1. The fourth-order valence-corrected chi connectivity index (χ4v) is 5.81. The third kappa shape index (κ3) is 3.27. The number of carbonyl (C=O) groups is 2. The number of phenolic OH excluding ortho intramolecular Hbond substituents is 1. The van der Waals surface area contributed by atoms with Gasteiger partial charge in [0.05, 0.1) is 29.6 Å². The van der Waals surface area contributed by atoms with Crippen LogP contribution >= 0.6 is 11.6 Å². The Labute approximate surface area is 190 Å². The van der Waals surface area contributed by atoms with Gasteiger partial charge in [0.1, 0.15) is 11.5 Å². The Balaban J connectivity index is 1.49. The third-order valence-electron chi connectivity index (χ3n) is 7.11. The molecule has 1 aliphatic carbocycles. The Morgan fingerprint density at radius 3 is 2.62 bits per heavy atom. The fraction of sp³-hybridized carbons (Fsp3) is 0.417. The fourth-order valence-electron chi connectivity index (χ4n) is 5.52. The largest absolute Gasteiger partial charge is 0.508 e. The molecule has 0 spiro atoms. The summed E-state index contributed by atoms with van der Waals surface area (Å²) in [7, 11) is 1.49. The number of imide groups is 1. The molecule has 2 aromatic carbocycles. The number of aliphatic hydroxyl groups is 1. The van der Waals surface area contributed by atoms with E-state index in [0.717, 1.165) is 4.90 Å². The highest BCUT2D eigenvalue weighted by molar-refractivity contribution is 6.31. The number of phenols is 1. The van der Waals surface area contributed by atoms with Crippen molar-refractivity contribution in [1.29, 1.82) is 0 Å². The molecule has 6 atom stereocenters. The predicted molar refractivity (Wildman–Crippen MR) is 115 cm³/mol. The van der Waals surface area contributed by atoms with Crippen molar-refractivity contribution in [1.82, 2.24) is 4.90 Å². The topological polar surface area (TPSA) is 96.3 Å². The molecule has 3 aliphatic rings. The van der Waals surface area contributed by atoms with Crippen LogP contribution in [-0.4, -0.2) is 46.4 Å². The van der Waals surface area contributed by atoms with Gasteiger partial charge in [-0.15, -0.1) is 0 Å². The summed E-state index contributed by atoms with van der Waals surface area (Å²) in [6.45, 7) is 0.140. The van der Waals surface area contributed by atoms with E-state index in [9.17, 15) is 19.8 Å². The van der Waals surface area contributed by atoms with Crippen molar-refractivity contribution in [3.8, 4) is 11.5 Å². The first-order valence-corrected chi connectivity index (χ1v) is 11.0. The van der Waals surface area contributed by atoms with Crippen molar-refractivity contribution in [2.24, 2.45) is 23.7 Å². The number of fused-ring (bicyclic) bond motifs is 3. The van der Waals surface area contributed by atoms with E-state index in [1.165, 1.54) is 19.2 Å². The minimum absolute atomic E-state index is 0.0280. The van der Waals surface area contributed by atoms with Gasteiger partial charge >= 0.3 is 0 Å². The maximum absolute atomic E-state index is 12.9. The zero-order valence-electron chi connectivity index (χ0n) is 17.5. The van der Waals surface area contributed by atoms with Crippen LogP contribution in [0, 0.1) is 23.7 Å². The van der Waals surface area contributed by atoms with Crippen LogP contribution in [-0.2, 0) is 14.3 Å². The maximum atomic E-state index is 12.9. The average Bonchev–Trinajstić information content (AvgIpc) is 3.23. The predicted octanol–water partition coefficient (Wildman–Crippen LogP) is 3.14. The highest BCUT2D eigenvalue weighted by atomic mass is 35.5. The van der Waals surface area contributed by atoms with Crippen LogP contribution in [0.1, 0.15) is 24.5 Å². The number of carbonyl (C=O) groups excluding carboxylic acids is 2. The highest BCUT2D eigenvalue weighted by Crippen LogP contribution is 2.58. The second-order valence-corrected chi connectivity index (χ2v) is 9.24. The summed E-state index contributed by atoms with van der Waals surface area (Å²) in [6.07, 6.45) is 0.0386. The molecule has 2 N–H and O–H groups in total. The van der Waals surface area contributed by atoms with Crippen molar-refractivity contribution in [3.05, 3.63) is 59.1 Å². The number of likely N-dealkylation sites (tertiary alicyclic amines) is 1. The monoisotopic (exact) mass is 457 g/mol.